The summed E-state index contributed by atoms with van der Waals surface area (Å²) < 4.78 is 16.9. The lowest BCUT2D eigenvalue weighted by atomic mass is 10.0. The fourth-order valence-electron chi connectivity index (χ4n) is 8.23. The first-order chi connectivity index (χ1) is 36.0. The van der Waals surface area contributed by atoms with Crippen LogP contribution in [-0.4, -0.2) is 37.2 Å². The molecule has 0 N–H and O–H groups in total. The Morgan fingerprint density at radius 3 is 0.890 bits per heavy atom. The summed E-state index contributed by atoms with van der Waals surface area (Å²) in [5.74, 6) is -0.918. The van der Waals surface area contributed by atoms with Gasteiger partial charge in [-0.05, 0) is 103 Å². The predicted molar refractivity (Wildman–Crippen MR) is 316 cm³/mol. The molecule has 0 aromatic carbocycles. The van der Waals surface area contributed by atoms with Crippen molar-refractivity contribution in [2.75, 3.05) is 13.2 Å². The molecule has 0 aliphatic rings. The van der Waals surface area contributed by atoms with Gasteiger partial charge in [-0.25, -0.2) is 0 Å². The average Bonchev–Trinajstić information content (AvgIpc) is 3.39. The van der Waals surface area contributed by atoms with Crippen molar-refractivity contribution in [1.29, 1.82) is 0 Å². The number of esters is 3. The molecule has 0 aliphatic carbocycles. The Balaban J connectivity index is 4.36. The quantitative estimate of drug-likeness (QED) is 0.0261. The van der Waals surface area contributed by atoms with Crippen LogP contribution in [0.15, 0.2) is 109 Å². The second-order valence-electron chi connectivity index (χ2n) is 19.9. The number of unbranched alkanes of at least 4 members (excludes halogenated alkanes) is 25. The number of hydrogen-bond acceptors (Lipinski definition) is 6. The van der Waals surface area contributed by atoms with E-state index in [1.54, 1.807) is 0 Å². The Hall–Kier alpha value is -3.93. The van der Waals surface area contributed by atoms with Gasteiger partial charge in [-0.2, -0.15) is 0 Å². The van der Waals surface area contributed by atoms with Gasteiger partial charge in [0.1, 0.15) is 13.2 Å². The van der Waals surface area contributed by atoms with Crippen LogP contribution in [0.2, 0.25) is 0 Å². The number of carbonyl (C=O) groups excluding carboxylic acids is 3. The Morgan fingerprint density at radius 2 is 0.562 bits per heavy atom. The molecule has 0 saturated carbocycles. The third-order valence-corrected chi connectivity index (χ3v) is 12.7. The first-order valence-corrected chi connectivity index (χ1v) is 30.4. The maximum Gasteiger partial charge on any atom is 0.306 e. The summed E-state index contributed by atoms with van der Waals surface area (Å²) in [6.45, 7) is 6.45. The van der Waals surface area contributed by atoms with E-state index in [4.69, 9.17) is 14.2 Å². The van der Waals surface area contributed by atoms with Crippen LogP contribution in [-0.2, 0) is 28.6 Å². The molecule has 0 heterocycles. The van der Waals surface area contributed by atoms with Gasteiger partial charge in [0.2, 0.25) is 0 Å². The van der Waals surface area contributed by atoms with E-state index in [1.807, 2.05) is 0 Å². The second-order valence-corrected chi connectivity index (χ2v) is 19.9. The minimum absolute atomic E-state index is 0.0908. The molecule has 73 heavy (non-hydrogen) atoms. The van der Waals surface area contributed by atoms with E-state index in [1.165, 1.54) is 83.5 Å². The van der Waals surface area contributed by atoms with E-state index >= 15 is 0 Å². The van der Waals surface area contributed by atoms with Gasteiger partial charge in [-0.3, -0.25) is 14.4 Å². The normalized spacial score (nSPS) is 12.9. The fourth-order valence-corrected chi connectivity index (χ4v) is 8.23. The van der Waals surface area contributed by atoms with Crippen molar-refractivity contribution in [3.8, 4) is 0 Å². The maximum atomic E-state index is 12.9. The van der Waals surface area contributed by atoms with Crippen LogP contribution in [0.25, 0.3) is 0 Å². The van der Waals surface area contributed by atoms with E-state index in [9.17, 15) is 14.4 Å². The van der Waals surface area contributed by atoms with Crippen molar-refractivity contribution in [2.24, 2.45) is 0 Å². The summed E-state index contributed by atoms with van der Waals surface area (Å²) in [4.78, 5) is 38.2. The van der Waals surface area contributed by atoms with Crippen LogP contribution in [0.4, 0.5) is 0 Å². The first kappa shape index (κ1) is 69.1. The summed E-state index contributed by atoms with van der Waals surface area (Å²) in [5, 5.41) is 0. The average molecular weight is 1010 g/mol. The molecule has 0 bridgehead atoms. The van der Waals surface area contributed by atoms with Gasteiger partial charge in [0, 0.05) is 19.3 Å². The van der Waals surface area contributed by atoms with E-state index in [-0.39, 0.29) is 31.1 Å². The number of hydrogen-bond donors (Lipinski definition) is 0. The van der Waals surface area contributed by atoms with Gasteiger partial charge in [0.25, 0.3) is 0 Å². The monoisotopic (exact) mass is 1010 g/mol. The molecule has 0 fully saturated rings. The van der Waals surface area contributed by atoms with Gasteiger partial charge in [-0.15, -0.1) is 0 Å². The Kier molecular flexibility index (Phi) is 57.4. The highest BCUT2D eigenvalue weighted by atomic mass is 16.6. The number of rotatable bonds is 54. The summed E-state index contributed by atoms with van der Waals surface area (Å²) in [6, 6.07) is 0. The maximum absolute atomic E-state index is 12.9. The standard InChI is InChI=1S/C67H112O6/c1-4-7-10-13-16-19-22-25-27-28-29-30-31-32-33-34-35-36-37-38-40-42-45-48-51-54-57-60-66(69)72-63-64(62-71-65(68)59-56-53-50-47-44-41-24-21-18-15-12-9-6-3)73-67(70)61-58-55-52-49-46-43-39-26-23-20-17-14-11-8-5-2/h7,10,12,15-16,19,21,24-25,27,29-30,32-33,35-36,38,40,64H,4-6,8-9,11,13-14,17-18,20,22-23,26,28,31,34,37,39,41-63H2,1-3H3/b10-7-,15-12-,19-16-,24-21-,27-25-,30-29-,33-32-,36-35-,40-38-. The zero-order chi connectivity index (χ0) is 52.9. The molecule has 0 aromatic heterocycles. The molecule has 0 amide bonds. The third-order valence-electron chi connectivity index (χ3n) is 12.7. The number of carbonyl (C=O) groups is 3. The summed E-state index contributed by atoms with van der Waals surface area (Å²) in [7, 11) is 0. The lowest BCUT2D eigenvalue weighted by molar-refractivity contribution is -0.167. The topological polar surface area (TPSA) is 78.9 Å². The molecular weight excluding hydrogens is 901 g/mol. The SMILES string of the molecule is CC/C=C\C/C=C\C/C=C\C/C=C\C/C=C\C/C=C\C/C=C\CCCCCCCC(=O)OCC(COC(=O)CCCCCCC/C=C\C/C=C\CCC)OC(=O)CCCCCCCCCCCCCCCCC. The highest BCUT2D eigenvalue weighted by Gasteiger charge is 2.19. The Labute approximate surface area is 450 Å². The third kappa shape index (κ3) is 58.8. The number of ether oxygens (including phenoxy) is 3. The molecule has 1 unspecified atom stereocenters. The highest BCUT2D eigenvalue weighted by Crippen LogP contribution is 2.16. The molecule has 6 nitrogen and oxygen atoms in total. The van der Waals surface area contributed by atoms with Crippen molar-refractivity contribution in [3.63, 3.8) is 0 Å². The fraction of sp³-hybridized carbons (Fsp3) is 0.687. The molecule has 6 heteroatoms. The second kappa shape index (κ2) is 60.6. The molecule has 0 spiro atoms. The molecule has 416 valence electrons. The summed E-state index contributed by atoms with van der Waals surface area (Å²) in [5.41, 5.74) is 0. The zero-order valence-electron chi connectivity index (χ0n) is 47.6. The number of allylic oxidation sites excluding steroid dienone is 18. The predicted octanol–water partition coefficient (Wildman–Crippen LogP) is 20.7. The highest BCUT2D eigenvalue weighted by molar-refractivity contribution is 5.71. The van der Waals surface area contributed by atoms with Gasteiger partial charge in [0.15, 0.2) is 6.10 Å². The van der Waals surface area contributed by atoms with Crippen molar-refractivity contribution in [2.45, 2.75) is 284 Å². The van der Waals surface area contributed by atoms with Crippen molar-refractivity contribution >= 4 is 17.9 Å². The van der Waals surface area contributed by atoms with Crippen LogP contribution in [0.5, 0.6) is 0 Å². The molecule has 0 aliphatic heterocycles. The van der Waals surface area contributed by atoms with E-state index in [0.29, 0.717) is 19.3 Å². The molecule has 0 aromatic rings. The van der Waals surface area contributed by atoms with Gasteiger partial charge < -0.3 is 14.2 Å². The van der Waals surface area contributed by atoms with Crippen molar-refractivity contribution in [1.82, 2.24) is 0 Å². The summed E-state index contributed by atoms with van der Waals surface area (Å²) in [6.07, 6.45) is 82.2. The van der Waals surface area contributed by atoms with Crippen LogP contribution in [0.3, 0.4) is 0 Å². The lowest BCUT2D eigenvalue weighted by Gasteiger charge is -2.18. The minimum atomic E-state index is -0.792. The largest absolute Gasteiger partial charge is 0.462 e. The summed E-state index contributed by atoms with van der Waals surface area (Å²) >= 11 is 0. The van der Waals surface area contributed by atoms with Gasteiger partial charge in [0.05, 0.1) is 0 Å². The minimum Gasteiger partial charge on any atom is -0.462 e. The lowest BCUT2D eigenvalue weighted by Crippen LogP contribution is -2.30. The molecule has 0 saturated heterocycles. The van der Waals surface area contributed by atoms with Crippen LogP contribution in [0.1, 0.15) is 278 Å². The molecular formula is C67H112O6. The Morgan fingerprint density at radius 1 is 0.288 bits per heavy atom. The van der Waals surface area contributed by atoms with Crippen LogP contribution < -0.4 is 0 Å². The van der Waals surface area contributed by atoms with E-state index in [0.717, 1.165) is 154 Å². The van der Waals surface area contributed by atoms with Crippen LogP contribution >= 0.6 is 0 Å². The zero-order valence-corrected chi connectivity index (χ0v) is 47.6. The van der Waals surface area contributed by atoms with E-state index in [2.05, 4.69) is 130 Å². The van der Waals surface area contributed by atoms with Gasteiger partial charge in [-0.1, -0.05) is 265 Å². The molecule has 0 radical (unpaired) electrons. The first-order valence-electron chi connectivity index (χ1n) is 30.4. The van der Waals surface area contributed by atoms with Crippen molar-refractivity contribution < 1.29 is 28.6 Å². The smallest absolute Gasteiger partial charge is 0.306 e. The van der Waals surface area contributed by atoms with Crippen molar-refractivity contribution in [3.05, 3.63) is 109 Å². The van der Waals surface area contributed by atoms with Crippen LogP contribution in [0, 0.1) is 0 Å². The van der Waals surface area contributed by atoms with Gasteiger partial charge >= 0.3 is 17.9 Å². The molecule has 0 rings (SSSR count). The Bertz CT molecular complexity index is 1490. The van der Waals surface area contributed by atoms with E-state index < -0.39 is 6.10 Å². The molecule has 1 atom stereocenters.